The molecule has 1 aromatic carbocycles. The first kappa shape index (κ1) is 13.0. The van der Waals surface area contributed by atoms with Crippen LogP contribution in [0.3, 0.4) is 0 Å². The Bertz CT molecular complexity index is 425. The second-order valence-corrected chi connectivity index (χ2v) is 4.11. The van der Waals surface area contributed by atoms with Crippen LogP contribution in [0.4, 0.5) is 4.79 Å². The maximum Gasteiger partial charge on any atom is 0.405 e. The number of carbonyl (C=O) groups excluding carboxylic acids is 1. The number of nitrogens with two attached hydrogens (primary N) is 1. The summed E-state index contributed by atoms with van der Waals surface area (Å²) in [6.45, 7) is 3.64. The zero-order valence-corrected chi connectivity index (χ0v) is 10.0. The molecule has 4 heteroatoms. The van der Waals surface area contributed by atoms with Gasteiger partial charge in [0.2, 0.25) is 0 Å². The highest BCUT2D eigenvalue weighted by Gasteiger charge is 2.36. The van der Waals surface area contributed by atoms with Crippen LogP contribution in [0.5, 0.6) is 0 Å². The van der Waals surface area contributed by atoms with E-state index in [1.165, 1.54) is 0 Å². The van der Waals surface area contributed by atoms with E-state index in [0.29, 0.717) is 6.42 Å². The zero-order valence-electron chi connectivity index (χ0n) is 10.0. The summed E-state index contributed by atoms with van der Waals surface area (Å²) < 4.78 is 5.10. The maximum atomic E-state index is 11.0. The highest BCUT2D eigenvalue weighted by Crippen LogP contribution is 2.38. The van der Waals surface area contributed by atoms with Crippen LogP contribution in [-0.2, 0) is 4.74 Å². The third kappa shape index (κ3) is 2.97. The second-order valence-electron chi connectivity index (χ2n) is 4.11. The molecule has 2 atom stereocenters. The molecule has 4 nitrogen and oxygen atoms in total. The summed E-state index contributed by atoms with van der Waals surface area (Å²) in [6, 6.07) is 11.4. The predicted octanol–water partition coefficient (Wildman–Crippen LogP) is 2.76. The van der Waals surface area contributed by atoms with Crippen molar-refractivity contribution >= 4 is 6.09 Å². The first-order chi connectivity index (χ1) is 8.03. The molecule has 0 aliphatic rings. The largest absolute Gasteiger partial charge is 0.440 e. The van der Waals surface area contributed by atoms with E-state index in [4.69, 9.17) is 10.5 Å². The SMILES string of the molecule is CCC(C)(C#N)C(OC(N)=O)c1ccccc1. The Balaban J connectivity index is 3.13. The van der Waals surface area contributed by atoms with E-state index in [-0.39, 0.29) is 0 Å². The Morgan fingerprint density at radius 3 is 2.53 bits per heavy atom. The third-order valence-corrected chi connectivity index (χ3v) is 2.90. The molecule has 1 aromatic rings. The molecule has 17 heavy (non-hydrogen) atoms. The number of hydrogen-bond donors (Lipinski definition) is 1. The summed E-state index contributed by atoms with van der Waals surface area (Å²) >= 11 is 0. The molecule has 0 heterocycles. The van der Waals surface area contributed by atoms with Crippen LogP contribution in [0.1, 0.15) is 31.9 Å². The molecule has 2 unspecified atom stereocenters. The molecule has 0 radical (unpaired) electrons. The van der Waals surface area contributed by atoms with Crippen molar-refractivity contribution in [3.05, 3.63) is 35.9 Å². The van der Waals surface area contributed by atoms with E-state index in [2.05, 4.69) is 6.07 Å². The van der Waals surface area contributed by atoms with Gasteiger partial charge >= 0.3 is 6.09 Å². The van der Waals surface area contributed by atoms with Gasteiger partial charge in [-0.25, -0.2) is 4.79 Å². The normalized spacial score (nSPS) is 15.4. The van der Waals surface area contributed by atoms with Crippen molar-refractivity contribution < 1.29 is 9.53 Å². The van der Waals surface area contributed by atoms with Crippen molar-refractivity contribution in [2.75, 3.05) is 0 Å². The van der Waals surface area contributed by atoms with Crippen molar-refractivity contribution in [2.45, 2.75) is 26.4 Å². The van der Waals surface area contributed by atoms with Gasteiger partial charge in [-0.2, -0.15) is 5.26 Å². The Labute approximate surface area is 101 Å². The molecular weight excluding hydrogens is 216 g/mol. The number of rotatable bonds is 4. The van der Waals surface area contributed by atoms with Crippen LogP contribution in [0.25, 0.3) is 0 Å². The number of ether oxygens (including phenoxy) is 1. The Morgan fingerprint density at radius 1 is 1.53 bits per heavy atom. The number of benzene rings is 1. The van der Waals surface area contributed by atoms with Crippen molar-refractivity contribution in [3.8, 4) is 6.07 Å². The fraction of sp³-hybridized carbons (Fsp3) is 0.385. The summed E-state index contributed by atoms with van der Waals surface area (Å²) in [5.41, 5.74) is 5.06. The van der Waals surface area contributed by atoms with E-state index in [1.807, 2.05) is 37.3 Å². The minimum absolute atomic E-state index is 0.566. The molecular formula is C13H16N2O2. The first-order valence-corrected chi connectivity index (χ1v) is 5.45. The lowest BCUT2D eigenvalue weighted by molar-refractivity contribution is 0.0431. The summed E-state index contributed by atoms with van der Waals surface area (Å²) in [5, 5.41) is 9.25. The average molecular weight is 232 g/mol. The molecule has 90 valence electrons. The third-order valence-electron chi connectivity index (χ3n) is 2.90. The van der Waals surface area contributed by atoms with E-state index in [1.54, 1.807) is 6.92 Å². The number of primary amides is 1. The van der Waals surface area contributed by atoms with Gasteiger partial charge in [0.15, 0.2) is 0 Å². The number of amides is 1. The van der Waals surface area contributed by atoms with Crippen molar-refractivity contribution in [3.63, 3.8) is 0 Å². The predicted molar refractivity (Wildman–Crippen MR) is 63.9 cm³/mol. The molecule has 0 aliphatic heterocycles. The summed E-state index contributed by atoms with van der Waals surface area (Å²) in [7, 11) is 0. The fourth-order valence-corrected chi connectivity index (χ4v) is 1.63. The molecule has 0 saturated carbocycles. The van der Waals surface area contributed by atoms with Gasteiger partial charge in [0.05, 0.1) is 11.5 Å². The molecule has 0 fully saturated rings. The van der Waals surface area contributed by atoms with Crippen molar-refractivity contribution in [1.29, 1.82) is 5.26 Å². The Kier molecular flexibility index (Phi) is 4.11. The standard InChI is InChI=1S/C13H16N2O2/c1-3-13(2,9-14)11(17-12(15)16)10-7-5-4-6-8-10/h4-8,11H,3H2,1-2H3,(H2,15,16). The molecule has 1 amide bonds. The molecule has 0 aliphatic carbocycles. The van der Waals surface area contributed by atoms with Crippen LogP contribution < -0.4 is 5.73 Å². The molecule has 0 saturated heterocycles. The van der Waals surface area contributed by atoms with Crippen LogP contribution in [0.15, 0.2) is 30.3 Å². The van der Waals surface area contributed by atoms with Crippen molar-refractivity contribution in [1.82, 2.24) is 0 Å². The topological polar surface area (TPSA) is 76.1 Å². The zero-order chi connectivity index (χ0) is 12.9. The average Bonchev–Trinajstić information content (AvgIpc) is 2.36. The summed E-state index contributed by atoms with van der Waals surface area (Å²) in [5.74, 6) is 0. The molecule has 1 rings (SSSR count). The number of carbonyl (C=O) groups is 1. The van der Waals surface area contributed by atoms with E-state index < -0.39 is 17.6 Å². The number of nitrogens with zero attached hydrogens (tertiary/aromatic N) is 1. The van der Waals surface area contributed by atoms with E-state index in [9.17, 15) is 10.1 Å². The molecule has 2 N–H and O–H groups in total. The molecule has 0 aromatic heterocycles. The smallest absolute Gasteiger partial charge is 0.405 e. The van der Waals surface area contributed by atoms with Crippen LogP contribution >= 0.6 is 0 Å². The quantitative estimate of drug-likeness (QED) is 0.867. The number of nitriles is 1. The highest BCUT2D eigenvalue weighted by molar-refractivity contribution is 5.65. The van der Waals surface area contributed by atoms with Gasteiger partial charge in [-0.05, 0) is 18.9 Å². The minimum Gasteiger partial charge on any atom is -0.440 e. The van der Waals surface area contributed by atoms with E-state index >= 15 is 0 Å². The van der Waals surface area contributed by atoms with Gasteiger partial charge in [-0.1, -0.05) is 37.3 Å². The van der Waals surface area contributed by atoms with Gasteiger partial charge in [-0.15, -0.1) is 0 Å². The lowest BCUT2D eigenvalue weighted by Gasteiger charge is -2.29. The molecule has 0 spiro atoms. The Morgan fingerprint density at radius 2 is 2.12 bits per heavy atom. The minimum atomic E-state index is -0.867. The fourth-order valence-electron chi connectivity index (χ4n) is 1.63. The Hall–Kier alpha value is -2.02. The maximum absolute atomic E-state index is 11.0. The van der Waals surface area contributed by atoms with E-state index in [0.717, 1.165) is 5.56 Å². The van der Waals surface area contributed by atoms with Gasteiger partial charge in [0, 0.05) is 0 Å². The lowest BCUT2D eigenvalue weighted by Crippen LogP contribution is -2.29. The highest BCUT2D eigenvalue weighted by atomic mass is 16.6. The van der Waals surface area contributed by atoms with Gasteiger partial charge in [0.1, 0.15) is 6.10 Å². The summed E-state index contributed by atoms with van der Waals surface area (Å²) in [6.07, 6.45) is -0.943. The monoisotopic (exact) mass is 232 g/mol. The van der Waals surface area contributed by atoms with Crippen LogP contribution in [-0.4, -0.2) is 6.09 Å². The molecule has 0 bridgehead atoms. The lowest BCUT2D eigenvalue weighted by atomic mass is 9.80. The van der Waals surface area contributed by atoms with Crippen molar-refractivity contribution in [2.24, 2.45) is 11.1 Å². The van der Waals surface area contributed by atoms with Crippen LogP contribution in [0, 0.1) is 16.7 Å². The van der Waals surface area contributed by atoms with Crippen LogP contribution in [0.2, 0.25) is 0 Å². The second kappa shape index (κ2) is 5.35. The number of hydrogen-bond acceptors (Lipinski definition) is 3. The van der Waals surface area contributed by atoms with Gasteiger partial charge in [-0.3, -0.25) is 0 Å². The first-order valence-electron chi connectivity index (χ1n) is 5.45. The van der Waals surface area contributed by atoms with Gasteiger partial charge < -0.3 is 10.5 Å². The summed E-state index contributed by atoms with van der Waals surface area (Å²) in [4.78, 5) is 11.0. The van der Waals surface area contributed by atoms with Gasteiger partial charge in [0.25, 0.3) is 0 Å².